The number of hydrogen-bond donors (Lipinski definition) is 4. The molecule has 2 atom stereocenters. The van der Waals surface area contributed by atoms with Crippen molar-refractivity contribution in [3.8, 4) is 17.2 Å². The minimum atomic E-state index is -0.884. The van der Waals surface area contributed by atoms with E-state index in [1.807, 2.05) is 18.2 Å². The van der Waals surface area contributed by atoms with Gasteiger partial charge in [0.2, 0.25) is 12.7 Å². The van der Waals surface area contributed by atoms with Gasteiger partial charge >= 0.3 is 12.0 Å². The first-order valence-corrected chi connectivity index (χ1v) is 13.9. The number of nitrogens with one attached hydrogen (secondary N) is 3. The molecule has 3 aromatic carbocycles. The van der Waals surface area contributed by atoms with Crippen molar-refractivity contribution in [2.75, 3.05) is 31.8 Å². The molecule has 1 saturated heterocycles. The number of anilines is 1. The number of phenolic OH excluding ortho intramolecular Hbond substituents is 1. The Balaban J connectivity index is 1.20. The van der Waals surface area contributed by atoms with Crippen LogP contribution in [0.2, 0.25) is 0 Å². The van der Waals surface area contributed by atoms with Gasteiger partial charge in [-0.1, -0.05) is 24.3 Å². The van der Waals surface area contributed by atoms with E-state index in [0.29, 0.717) is 24.3 Å². The molecule has 1 unspecified atom stereocenters. The third-order valence-corrected chi connectivity index (χ3v) is 7.09. The van der Waals surface area contributed by atoms with E-state index in [2.05, 4.69) is 20.9 Å². The number of esters is 1. The largest absolute Gasteiger partial charge is 0.508 e. The van der Waals surface area contributed by atoms with Crippen LogP contribution in [0.4, 0.5) is 10.5 Å². The Morgan fingerprint density at radius 3 is 2.62 bits per heavy atom. The van der Waals surface area contributed by atoms with Crippen LogP contribution in [0, 0.1) is 0 Å². The maximum Gasteiger partial charge on any atom is 0.338 e. The summed E-state index contributed by atoms with van der Waals surface area (Å²) in [6.45, 7) is 4.38. The molecular formula is C31H34N4O7. The molecule has 0 saturated carbocycles. The van der Waals surface area contributed by atoms with Gasteiger partial charge in [0.25, 0.3) is 0 Å². The molecular weight excluding hydrogens is 540 g/mol. The van der Waals surface area contributed by atoms with E-state index in [1.54, 1.807) is 37.3 Å². The number of aromatic hydroxyl groups is 1. The van der Waals surface area contributed by atoms with Crippen molar-refractivity contribution in [3.63, 3.8) is 0 Å². The number of phenols is 1. The fourth-order valence-electron chi connectivity index (χ4n) is 5.03. The number of nitrogens with zero attached hydrogens (tertiary/aromatic N) is 1. The number of hydrogen-bond acceptors (Lipinski definition) is 8. The van der Waals surface area contributed by atoms with Crippen molar-refractivity contribution < 1.29 is 33.7 Å². The Morgan fingerprint density at radius 2 is 1.81 bits per heavy atom. The number of urea groups is 1. The number of benzene rings is 3. The monoisotopic (exact) mass is 574 g/mol. The van der Waals surface area contributed by atoms with Crippen LogP contribution in [-0.2, 0) is 22.5 Å². The first kappa shape index (κ1) is 28.7. The highest BCUT2D eigenvalue weighted by Crippen LogP contribution is 2.33. The van der Waals surface area contributed by atoms with Gasteiger partial charge in [-0.3, -0.25) is 9.69 Å². The lowest BCUT2D eigenvalue weighted by Crippen LogP contribution is -2.52. The van der Waals surface area contributed by atoms with Crippen LogP contribution in [0.15, 0.2) is 66.7 Å². The highest BCUT2D eigenvalue weighted by molar-refractivity contribution is 5.96. The van der Waals surface area contributed by atoms with Gasteiger partial charge < -0.3 is 35.3 Å². The highest BCUT2D eigenvalue weighted by Gasteiger charge is 2.28. The van der Waals surface area contributed by atoms with E-state index in [9.17, 15) is 19.5 Å². The normalized spacial score (nSPS) is 16.5. The van der Waals surface area contributed by atoms with Gasteiger partial charge in [-0.05, 0) is 66.9 Å². The third-order valence-electron chi connectivity index (χ3n) is 7.09. The van der Waals surface area contributed by atoms with Crippen LogP contribution in [0.1, 0.15) is 34.8 Å². The summed E-state index contributed by atoms with van der Waals surface area (Å²) in [5.74, 6) is 0.794. The number of carbonyl (C=O) groups excluding carboxylic acids is 3. The summed E-state index contributed by atoms with van der Waals surface area (Å²) in [5, 5.41) is 18.2. The lowest BCUT2D eigenvalue weighted by Gasteiger charge is -2.22. The lowest BCUT2D eigenvalue weighted by molar-refractivity contribution is -0.123. The standard InChI is InChI=1S/C31H34N4O7/c1-2-40-30(38)22-4-3-5-23(16-22)33-31(39)34-26(14-20-6-9-25(36)10-7-20)29(37)32-24-12-13-35(18-24)17-21-8-11-27-28(15-21)42-19-41-27/h3-11,15-16,24,26,36H,2,12-14,17-19H2,1H3,(H,32,37)(H2,33,34,39)/t24?,26-/m0/s1. The van der Waals surface area contributed by atoms with E-state index in [0.717, 1.165) is 35.6 Å². The quantitative estimate of drug-likeness (QED) is 0.270. The summed E-state index contributed by atoms with van der Waals surface area (Å²) in [6, 6.07) is 17.2. The fourth-order valence-corrected chi connectivity index (χ4v) is 5.03. The van der Waals surface area contributed by atoms with Crippen LogP contribution < -0.4 is 25.4 Å². The Kier molecular flexibility index (Phi) is 9.08. The van der Waals surface area contributed by atoms with Crippen molar-refractivity contribution in [1.29, 1.82) is 0 Å². The number of rotatable bonds is 10. The van der Waals surface area contributed by atoms with E-state index >= 15 is 0 Å². The molecule has 42 heavy (non-hydrogen) atoms. The maximum atomic E-state index is 13.5. The molecule has 0 radical (unpaired) electrons. The van der Waals surface area contributed by atoms with Gasteiger partial charge in [-0.2, -0.15) is 0 Å². The van der Waals surface area contributed by atoms with Gasteiger partial charge in [0.05, 0.1) is 12.2 Å². The minimum absolute atomic E-state index is 0.0834. The number of amides is 3. The van der Waals surface area contributed by atoms with Crippen LogP contribution in [0.5, 0.6) is 17.2 Å². The Bertz CT molecular complexity index is 1430. The summed E-state index contributed by atoms with van der Waals surface area (Å²) in [4.78, 5) is 40.8. The van der Waals surface area contributed by atoms with Crippen LogP contribution >= 0.6 is 0 Å². The van der Waals surface area contributed by atoms with Crippen molar-refractivity contribution in [1.82, 2.24) is 15.5 Å². The second kappa shape index (κ2) is 13.3. The Hall–Kier alpha value is -4.77. The molecule has 0 aromatic heterocycles. The van der Waals surface area contributed by atoms with E-state index in [-0.39, 0.29) is 37.5 Å². The molecule has 0 spiro atoms. The van der Waals surface area contributed by atoms with Crippen LogP contribution in [-0.4, -0.2) is 66.5 Å². The summed E-state index contributed by atoms with van der Waals surface area (Å²) < 4.78 is 15.9. The van der Waals surface area contributed by atoms with Gasteiger partial charge in [0.15, 0.2) is 11.5 Å². The van der Waals surface area contributed by atoms with Gasteiger partial charge in [0, 0.05) is 37.8 Å². The summed E-state index contributed by atoms with van der Waals surface area (Å²) in [6.07, 6.45) is 0.991. The van der Waals surface area contributed by atoms with Crippen LogP contribution in [0.25, 0.3) is 0 Å². The number of likely N-dealkylation sites (tertiary alicyclic amines) is 1. The second-order valence-corrected chi connectivity index (χ2v) is 10.2. The lowest BCUT2D eigenvalue weighted by atomic mass is 10.0. The predicted octanol–water partition coefficient (Wildman–Crippen LogP) is 3.42. The van der Waals surface area contributed by atoms with E-state index in [1.165, 1.54) is 18.2 Å². The minimum Gasteiger partial charge on any atom is -0.508 e. The number of carbonyl (C=O) groups is 3. The molecule has 1 fully saturated rings. The molecule has 4 N–H and O–H groups in total. The highest BCUT2D eigenvalue weighted by atomic mass is 16.7. The molecule has 0 bridgehead atoms. The number of fused-ring (bicyclic) bond motifs is 1. The summed E-state index contributed by atoms with van der Waals surface area (Å²) >= 11 is 0. The van der Waals surface area contributed by atoms with Crippen molar-refractivity contribution >= 4 is 23.6 Å². The molecule has 2 heterocycles. The molecule has 2 aliphatic heterocycles. The predicted molar refractivity (Wildman–Crippen MR) is 155 cm³/mol. The van der Waals surface area contributed by atoms with E-state index in [4.69, 9.17) is 14.2 Å². The van der Waals surface area contributed by atoms with Gasteiger partial charge in [0.1, 0.15) is 11.8 Å². The summed E-state index contributed by atoms with van der Waals surface area (Å²) in [5.41, 5.74) is 2.56. The van der Waals surface area contributed by atoms with Crippen molar-refractivity contribution in [3.05, 3.63) is 83.4 Å². The van der Waals surface area contributed by atoms with Gasteiger partial charge in [-0.15, -0.1) is 0 Å². The zero-order valence-corrected chi connectivity index (χ0v) is 23.3. The Morgan fingerprint density at radius 1 is 1.02 bits per heavy atom. The number of ether oxygens (including phenoxy) is 3. The smallest absolute Gasteiger partial charge is 0.338 e. The molecule has 3 amide bonds. The average molecular weight is 575 g/mol. The second-order valence-electron chi connectivity index (χ2n) is 10.2. The van der Waals surface area contributed by atoms with Gasteiger partial charge in [-0.25, -0.2) is 9.59 Å². The Labute approximate surface area is 243 Å². The molecule has 5 rings (SSSR count). The van der Waals surface area contributed by atoms with E-state index < -0.39 is 18.0 Å². The topological polar surface area (TPSA) is 138 Å². The molecule has 2 aliphatic rings. The zero-order valence-electron chi connectivity index (χ0n) is 23.3. The van der Waals surface area contributed by atoms with Crippen LogP contribution in [0.3, 0.4) is 0 Å². The SMILES string of the molecule is CCOC(=O)c1cccc(NC(=O)N[C@@H](Cc2ccc(O)cc2)C(=O)NC2CCN(Cc3ccc4c(c3)OCO4)C2)c1. The fraction of sp³-hybridized carbons (Fsp3) is 0.323. The third kappa shape index (κ3) is 7.49. The van der Waals surface area contributed by atoms with Crippen molar-refractivity contribution in [2.24, 2.45) is 0 Å². The summed E-state index contributed by atoms with van der Waals surface area (Å²) in [7, 11) is 0. The first-order chi connectivity index (χ1) is 20.4. The first-order valence-electron chi connectivity index (χ1n) is 13.9. The molecule has 0 aliphatic carbocycles. The molecule has 3 aromatic rings. The molecule has 220 valence electrons. The average Bonchev–Trinajstić information content (AvgIpc) is 3.63. The molecule has 11 nitrogen and oxygen atoms in total. The maximum absolute atomic E-state index is 13.5. The zero-order chi connectivity index (χ0) is 29.5. The molecule has 11 heteroatoms. The van der Waals surface area contributed by atoms with Crippen molar-refractivity contribution in [2.45, 2.75) is 38.4 Å².